The lowest BCUT2D eigenvalue weighted by molar-refractivity contribution is -0.137. The zero-order chi connectivity index (χ0) is 11.4. The second kappa shape index (κ2) is 5.84. The third kappa shape index (κ3) is 4.10. The van der Waals surface area contributed by atoms with Gasteiger partial charge in [-0.15, -0.1) is 11.3 Å². The number of thiophene rings is 1. The second-order valence-corrected chi connectivity index (χ2v) is 5.70. The van der Waals surface area contributed by atoms with Crippen LogP contribution in [0.1, 0.15) is 30.2 Å². The molecule has 0 fully saturated rings. The fourth-order valence-electron chi connectivity index (χ4n) is 1.16. The molecule has 6 heteroatoms. The van der Waals surface area contributed by atoms with Gasteiger partial charge < -0.3 is 10.8 Å². The Kier molecular flexibility index (Phi) is 5.05. The van der Waals surface area contributed by atoms with Crippen molar-refractivity contribution in [1.82, 2.24) is 0 Å². The minimum absolute atomic E-state index is 0.127. The van der Waals surface area contributed by atoms with E-state index in [-0.39, 0.29) is 12.5 Å². The van der Waals surface area contributed by atoms with E-state index in [1.165, 1.54) is 11.3 Å². The first-order valence-corrected chi connectivity index (χ1v) is 6.41. The summed E-state index contributed by atoms with van der Waals surface area (Å²) >= 11 is 10.6. The number of aliphatic carboxylic acids is 1. The standard InChI is InChI=1S/C9H11BrClNO2S/c10-5-4-7(15-9(5)11)6(12)2-1-3-8(13)14/h4,6H,1-3,12H2,(H,13,14). The van der Waals surface area contributed by atoms with Crippen molar-refractivity contribution >= 4 is 44.8 Å². The summed E-state index contributed by atoms with van der Waals surface area (Å²) in [5, 5.41) is 8.48. The van der Waals surface area contributed by atoms with Gasteiger partial charge in [0.15, 0.2) is 0 Å². The molecule has 0 saturated carbocycles. The third-order valence-electron chi connectivity index (χ3n) is 1.94. The maximum atomic E-state index is 10.3. The normalized spacial score (nSPS) is 12.7. The van der Waals surface area contributed by atoms with E-state index in [1.54, 1.807) is 0 Å². The molecule has 0 aliphatic carbocycles. The van der Waals surface area contributed by atoms with Crippen molar-refractivity contribution in [2.75, 3.05) is 0 Å². The van der Waals surface area contributed by atoms with Crippen LogP contribution in [0, 0.1) is 0 Å². The summed E-state index contributed by atoms with van der Waals surface area (Å²) < 4.78 is 1.52. The van der Waals surface area contributed by atoms with E-state index in [4.69, 9.17) is 22.4 Å². The summed E-state index contributed by atoms with van der Waals surface area (Å²) in [6, 6.07) is 1.76. The number of hydrogen-bond donors (Lipinski definition) is 2. The first-order chi connectivity index (χ1) is 7.00. The SMILES string of the molecule is NC(CCCC(=O)O)c1cc(Br)c(Cl)s1. The van der Waals surface area contributed by atoms with E-state index in [2.05, 4.69) is 15.9 Å². The monoisotopic (exact) mass is 311 g/mol. The Labute approximate surface area is 105 Å². The Morgan fingerprint density at radius 1 is 1.73 bits per heavy atom. The number of carboxylic acids is 1. The summed E-state index contributed by atoms with van der Waals surface area (Å²) in [6.45, 7) is 0. The average molecular weight is 313 g/mol. The molecule has 0 aliphatic heterocycles. The average Bonchev–Trinajstić information content (AvgIpc) is 2.46. The molecule has 1 aromatic heterocycles. The number of carbonyl (C=O) groups is 1. The number of nitrogens with two attached hydrogens (primary N) is 1. The summed E-state index contributed by atoms with van der Waals surface area (Å²) in [6.07, 6.45) is 1.41. The first-order valence-electron chi connectivity index (χ1n) is 4.43. The van der Waals surface area contributed by atoms with Crippen LogP contribution in [-0.4, -0.2) is 11.1 Å². The Hall–Kier alpha value is -0.100. The van der Waals surface area contributed by atoms with E-state index in [1.807, 2.05) is 6.07 Å². The molecule has 3 N–H and O–H groups in total. The van der Waals surface area contributed by atoms with E-state index in [0.717, 1.165) is 9.35 Å². The molecule has 15 heavy (non-hydrogen) atoms. The molecule has 0 aliphatic rings. The minimum atomic E-state index is -0.785. The molecule has 0 amide bonds. The lowest BCUT2D eigenvalue weighted by Gasteiger charge is -2.07. The van der Waals surface area contributed by atoms with Crippen LogP contribution in [0.4, 0.5) is 0 Å². The summed E-state index contributed by atoms with van der Waals surface area (Å²) in [7, 11) is 0. The molecule has 0 spiro atoms. The van der Waals surface area contributed by atoms with E-state index in [9.17, 15) is 4.79 Å². The van der Waals surface area contributed by atoms with Crippen LogP contribution in [0.5, 0.6) is 0 Å². The fraction of sp³-hybridized carbons (Fsp3) is 0.444. The molecule has 84 valence electrons. The van der Waals surface area contributed by atoms with E-state index < -0.39 is 5.97 Å². The fourth-order valence-corrected chi connectivity index (χ4v) is 2.93. The Morgan fingerprint density at radius 3 is 2.87 bits per heavy atom. The van der Waals surface area contributed by atoms with Gasteiger partial charge in [0.25, 0.3) is 0 Å². The summed E-state index contributed by atoms with van der Waals surface area (Å²) in [4.78, 5) is 11.3. The van der Waals surface area contributed by atoms with Crippen LogP contribution in [-0.2, 0) is 4.79 Å². The Bertz CT molecular complexity index is 336. The Morgan fingerprint density at radius 2 is 2.40 bits per heavy atom. The smallest absolute Gasteiger partial charge is 0.303 e. The lowest BCUT2D eigenvalue weighted by atomic mass is 10.1. The molecule has 3 nitrogen and oxygen atoms in total. The molecule has 0 saturated heterocycles. The van der Waals surface area contributed by atoms with Crippen molar-refractivity contribution in [3.05, 3.63) is 19.8 Å². The molecule has 0 aromatic carbocycles. The predicted molar refractivity (Wildman–Crippen MR) is 65.4 cm³/mol. The third-order valence-corrected chi connectivity index (χ3v) is 4.54. The van der Waals surface area contributed by atoms with Crippen molar-refractivity contribution < 1.29 is 9.90 Å². The van der Waals surface area contributed by atoms with Crippen molar-refractivity contribution in [2.45, 2.75) is 25.3 Å². The van der Waals surface area contributed by atoms with Gasteiger partial charge in [0.05, 0.1) is 0 Å². The van der Waals surface area contributed by atoms with Gasteiger partial charge in [-0.1, -0.05) is 11.6 Å². The summed E-state index contributed by atoms with van der Waals surface area (Å²) in [5.41, 5.74) is 5.90. The largest absolute Gasteiger partial charge is 0.481 e. The number of halogens is 2. The van der Waals surface area contributed by atoms with Gasteiger partial charge in [-0.25, -0.2) is 0 Å². The van der Waals surface area contributed by atoms with Crippen LogP contribution >= 0.6 is 38.9 Å². The second-order valence-electron chi connectivity index (χ2n) is 3.16. The van der Waals surface area contributed by atoms with Crippen LogP contribution in [0.25, 0.3) is 0 Å². The zero-order valence-electron chi connectivity index (χ0n) is 7.87. The molecule has 1 atom stereocenters. The van der Waals surface area contributed by atoms with E-state index >= 15 is 0 Å². The topological polar surface area (TPSA) is 63.3 Å². The quantitative estimate of drug-likeness (QED) is 0.875. The van der Waals surface area contributed by atoms with Crippen molar-refractivity contribution in [3.63, 3.8) is 0 Å². The van der Waals surface area contributed by atoms with Gasteiger partial charge in [-0.3, -0.25) is 4.79 Å². The highest BCUT2D eigenvalue weighted by molar-refractivity contribution is 9.10. The highest BCUT2D eigenvalue weighted by Gasteiger charge is 2.12. The summed E-state index contributed by atoms with van der Waals surface area (Å²) in [5.74, 6) is -0.785. The van der Waals surface area contributed by atoms with Crippen LogP contribution in [0.15, 0.2) is 10.5 Å². The molecular weight excluding hydrogens is 302 g/mol. The number of rotatable bonds is 5. The maximum absolute atomic E-state index is 10.3. The Balaban J connectivity index is 2.46. The molecule has 1 heterocycles. The van der Waals surface area contributed by atoms with Crippen molar-refractivity contribution in [2.24, 2.45) is 5.73 Å². The van der Waals surface area contributed by atoms with Crippen LogP contribution in [0.2, 0.25) is 4.34 Å². The van der Waals surface area contributed by atoms with Crippen LogP contribution in [0.3, 0.4) is 0 Å². The van der Waals surface area contributed by atoms with Gasteiger partial charge in [0.1, 0.15) is 4.34 Å². The van der Waals surface area contributed by atoms with Gasteiger partial charge in [0, 0.05) is 21.8 Å². The highest BCUT2D eigenvalue weighted by atomic mass is 79.9. The molecule has 1 unspecified atom stereocenters. The number of hydrogen-bond acceptors (Lipinski definition) is 3. The molecule has 0 radical (unpaired) electrons. The van der Waals surface area contributed by atoms with Gasteiger partial charge in [-0.2, -0.15) is 0 Å². The van der Waals surface area contributed by atoms with Crippen molar-refractivity contribution in [3.8, 4) is 0 Å². The van der Waals surface area contributed by atoms with Gasteiger partial charge in [-0.05, 0) is 34.8 Å². The molecule has 0 bridgehead atoms. The number of carboxylic acid groups (broad SMARTS) is 1. The zero-order valence-corrected chi connectivity index (χ0v) is 11.0. The van der Waals surface area contributed by atoms with Crippen molar-refractivity contribution in [1.29, 1.82) is 0 Å². The lowest BCUT2D eigenvalue weighted by Crippen LogP contribution is -2.09. The van der Waals surface area contributed by atoms with Crippen LogP contribution < -0.4 is 5.73 Å². The molecular formula is C9H11BrClNO2S. The van der Waals surface area contributed by atoms with Gasteiger partial charge >= 0.3 is 5.97 Å². The minimum Gasteiger partial charge on any atom is -0.481 e. The molecule has 1 rings (SSSR count). The van der Waals surface area contributed by atoms with Gasteiger partial charge in [0.2, 0.25) is 0 Å². The van der Waals surface area contributed by atoms with E-state index in [0.29, 0.717) is 17.2 Å². The maximum Gasteiger partial charge on any atom is 0.303 e. The first kappa shape index (κ1) is 13.0. The molecule has 1 aromatic rings. The highest BCUT2D eigenvalue weighted by Crippen LogP contribution is 2.35. The predicted octanol–water partition coefficient (Wildman–Crippen LogP) is 3.42.